The number of ether oxygens (including phenoxy) is 1. The maximum atomic E-state index is 12.3. The van der Waals surface area contributed by atoms with Crippen molar-refractivity contribution in [1.82, 2.24) is 0 Å². The summed E-state index contributed by atoms with van der Waals surface area (Å²) in [7, 11) is -5.67. The van der Waals surface area contributed by atoms with Gasteiger partial charge in [0.2, 0.25) is 15.9 Å². The summed E-state index contributed by atoms with van der Waals surface area (Å²) in [4.78, 5) is 12.3. The van der Waals surface area contributed by atoms with Gasteiger partial charge in [-0.25, -0.2) is 16.8 Å². The van der Waals surface area contributed by atoms with Crippen molar-refractivity contribution in [3.05, 3.63) is 48.0 Å². The fourth-order valence-electron chi connectivity index (χ4n) is 2.41. The largest absolute Gasteiger partial charge is 0.494 e. The Morgan fingerprint density at radius 1 is 1.03 bits per heavy atom. The lowest BCUT2D eigenvalue weighted by molar-refractivity contribution is -0.115. The lowest BCUT2D eigenvalue weighted by Crippen LogP contribution is -2.18. The average Bonchev–Trinajstić information content (AvgIpc) is 2.68. The zero-order valence-electron chi connectivity index (χ0n) is 16.4. The van der Waals surface area contributed by atoms with Gasteiger partial charge < -0.3 is 10.1 Å². The Balaban J connectivity index is 2.04. The number of rotatable bonds is 9. The zero-order valence-corrected chi connectivity index (χ0v) is 18.1. The molecule has 0 atom stereocenters. The molecule has 0 fully saturated rings. The van der Waals surface area contributed by atoms with Gasteiger partial charge in [0.1, 0.15) is 5.75 Å². The second-order valence-electron chi connectivity index (χ2n) is 6.35. The topological polar surface area (TPSA) is 119 Å². The molecule has 29 heavy (non-hydrogen) atoms. The molecule has 2 aromatic rings. The van der Waals surface area contributed by atoms with E-state index in [1.807, 2.05) is 6.92 Å². The molecule has 2 N–H and O–H groups in total. The van der Waals surface area contributed by atoms with Crippen LogP contribution in [0, 0.1) is 6.92 Å². The van der Waals surface area contributed by atoms with Crippen molar-refractivity contribution < 1.29 is 26.4 Å². The first-order valence-corrected chi connectivity index (χ1v) is 12.1. The number of methoxy groups -OCH3 is 1. The molecular formula is C19H24N2O6S2. The molecule has 0 bridgehead atoms. The summed E-state index contributed by atoms with van der Waals surface area (Å²) < 4.78 is 55.7. The molecule has 0 aromatic heterocycles. The molecule has 0 aliphatic carbocycles. The van der Waals surface area contributed by atoms with E-state index in [0.717, 1.165) is 5.56 Å². The van der Waals surface area contributed by atoms with Crippen molar-refractivity contribution in [2.45, 2.75) is 25.2 Å². The van der Waals surface area contributed by atoms with Crippen LogP contribution < -0.4 is 14.8 Å². The Bertz CT molecular complexity index is 1080. The molecular weight excluding hydrogens is 416 g/mol. The van der Waals surface area contributed by atoms with E-state index in [9.17, 15) is 21.6 Å². The number of anilines is 2. The highest BCUT2D eigenvalue weighted by atomic mass is 32.2. The van der Waals surface area contributed by atoms with Crippen molar-refractivity contribution in [2.75, 3.05) is 28.7 Å². The number of sulfonamides is 1. The predicted molar refractivity (Wildman–Crippen MR) is 113 cm³/mol. The Morgan fingerprint density at radius 2 is 1.69 bits per heavy atom. The molecule has 2 rings (SSSR count). The van der Waals surface area contributed by atoms with Gasteiger partial charge >= 0.3 is 0 Å². The minimum atomic E-state index is -3.57. The van der Waals surface area contributed by atoms with E-state index in [4.69, 9.17) is 4.74 Å². The fraction of sp³-hybridized carbons (Fsp3) is 0.316. The van der Waals surface area contributed by atoms with Crippen LogP contribution in [0.5, 0.6) is 5.75 Å². The van der Waals surface area contributed by atoms with Crippen molar-refractivity contribution in [3.8, 4) is 5.75 Å². The van der Waals surface area contributed by atoms with Gasteiger partial charge in [0.05, 0.1) is 29.2 Å². The smallest absolute Gasteiger partial charge is 0.232 e. The van der Waals surface area contributed by atoms with Gasteiger partial charge in [0.15, 0.2) is 9.84 Å². The third kappa shape index (κ3) is 6.47. The van der Waals surface area contributed by atoms with E-state index in [2.05, 4.69) is 10.0 Å². The first-order valence-electron chi connectivity index (χ1n) is 8.84. The summed E-state index contributed by atoms with van der Waals surface area (Å²) in [6.45, 7) is 3.37. The maximum absolute atomic E-state index is 12.3. The molecule has 0 spiro atoms. The molecule has 158 valence electrons. The number of benzene rings is 2. The summed E-state index contributed by atoms with van der Waals surface area (Å²) in [5.41, 5.74) is 1.55. The van der Waals surface area contributed by atoms with Crippen LogP contribution in [0.3, 0.4) is 0 Å². The highest BCUT2D eigenvalue weighted by Gasteiger charge is 2.17. The van der Waals surface area contributed by atoms with Gasteiger partial charge in [-0.3, -0.25) is 9.52 Å². The first-order chi connectivity index (χ1) is 13.6. The van der Waals surface area contributed by atoms with Crippen LogP contribution in [-0.4, -0.2) is 41.4 Å². The van der Waals surface area contributed by atoms with Crippen LogP contribution in [0.4, 0.5) is 11.4 Å². The standard InChI is InChI=1S/C19H24N2O6S2/c1-4-29(25,26)21-17-10-7-15(13-18(17)27-3)20-19(22)11-12-28(23,24)16-8-5-14(2)6-9-16/h5-10,13,21H,4,11-12H2,1-3H3,(H,20,22). The summed E-state index contributed by atoms with van der Waals surface area (Å²) in [6, 6.07) is 10.9. The van der Waals surface area contributed by atoms with Crippen molar-refractivity contribution in [2.24, 2.45) is 0 Å². The summed E-state index contributed by atoms with van der Waals surface area (Å²) in [6.07, 6.45) is -0.220. The molecule has 0 radical (unpaired) electrons. The van der Waals surface area contributed by atoms with Gasteiger partial charge in [-0.2, -0.15) is 0 Å². The first kappa shape index (κ1) is 22.7. The van der Waals surface area contributed by atoms with E-state index < -0.39 is 25.8 Å². The maximum Gasteiger partial charge on any atom is 0.232 e. The Morgan fingerprint density at radius 3 is 2.28 bits per heavy atom. The summed E-state index contributed by atoms with van der Waals surface area (Å²) >= 11 is 0. The van der Waals surface area contributed by atoms with E-state index >= 15 is 0 Å². The number of aryl methyl sites for hydroxylation is 1. The van der Waals surface area contributed by atoms with Gasteiger partial charge in [0, 0.05) is 18.2 Å². The fourth-order valence-corrected chi connectivity index (χ4v) is 4.30. The van der Waals surface area contributed by atoms with E-state index in [1.165, 1.54) is 44.4 Å². The molecule has 2 aromatic carbocycles. The molecule has 1 amide bonds. The Hall–Kier alpha value is -2.59. The van der Waals surface area contributed by atoms with Crippen LogP contribution in [0.1, 0.15) is 18.9 Å². The SMILES string of the molecule is CCS(=O)(=O)Nc1ccc(NC(=O)CCS(=O)(=O)c2ccc(C)cc2)cc1OC. The lowest BCUT2D eigenvalue weighted by atomic mass is 10.2. The van der Waals surface area contributed by atoms with Gasteiger partial charge in [-0.15, -0.1) is 0 Å². The number of carbonyl (C=O) groups is 1. The van der Waals surface area contributed by atoms with Crippen LogP contribution in [0.15, 0.2) is 47.4 Å². The number of nitrogens with one attached hydrogen (secondary N) is 2. The Kier molecular flexibility index (Phi) is 7.26. The number of hydrogen-bond donors (Lipinski definition) is 2. The molecule has 0 aliphatic rings. The van der Waals surface area contributed by atoms with Crippen LogP contribution >= 0.6 is 0 Å². The third-order valence-corrected chi connectivity index (χ3v) is 7.13. The Labute approximate surface area is 171 Å². The minimum Gasteiger partial charge on any atom is -0.494 e. The molecule has 10 heteroatoms. The van der Waals surface area contributed by atoms with Gasteiger partial charge in [-0.1, -0.05) is 17.7 Å². The van der Waals surface area contributed by atoms with Crippen LogP contribution in [-0.2, 0) is 24.7 Å². The second-order valence-corrected chi connectivity index (χ2v) is 10.5. The number of carbonyl (C=O) groups excluding carboxylic acids is 1. The van der Waals surface area contributed by atoms with Crippen LogP contribution in [0.2, 0.25) is 0 Å². The number of amides is 1. The minimum absolute atomic E-state index is 0.0932. The molecule has 0 unspecified atom stereocenters. The highest BCUT2D eigenvalue weighted by molar-refractivity contribution is 7.92. The lowest BCUT2D eigenvalue weighted by Gasteiger charge is -2.13. The zero-order chi connectivity index (χ0) is 21.7. The van der Waals surface area contributed by atoms with Crippen LogP contribution in [0.25, 0.3) is 0 Å². The van der Waals surface area contributed by atoms with Crippen molar-refractivity contribution in [1.29, 1.82) is 0 Å². The summed E-state index contributed by atoms with van der Waals surface area (Å²) in [5, 5.41) is 2.59. The highest BCUT2D eigenvalue weighted by Crippen LogP contribution is 2.29. The third-order valence-electron chi connectivity index (χ3n) is 4.11. The predicted octanol–water partition coefficient (Wildman–Crippen LogP) is 2.57. The number of sulfone groups is 1. The van der Waals surface area contributed by atoms with E-state index in [1.54, 1.807) is 12.1 Å². The average molecular weight is 441 g/mol. The van der Waals surface area contributed by atoms with Gasteiger partial charge in [0.25, 0.3) is 0 Å². The van der Waals surface area contributed by atoms with E-state index in [-0.39, 0.29) is 34.3 Å². The monoisotopic (exact) mass is 440 g/mol. The van der Waals surface area contributed by atoms with Crippen molar-refractivity contribution in [3.63, 3.8) is 0 Å². The summed E-state index contributed by atoms with van der Waals surface area (Å²) in [5.74, 6) is -0.672. The second kappa shape index (κ2) is 9.27. The quantitative estimate of drug-likeness (QED) is 0.619. The van der Waals surface area contributed by atoms with Gasteiger partial charge in [-0.05, 0) is 38.1 Å². The van der Waals surface area contributed by atoms with E-state index in [0.29, 0.717) is 5.69 Å². The number of hydrogen-bond acceptors (Lipinski definition) is 6. The molecule has 8 nitrogen and oxygen atoms in total. The molecule has 0 saturated heterocycles. The molecule has 0 heterocycles. The normalized spacial score (nSPS) is 11.7. The molecule has 0 aliphatic heterocycles. The molecule has 0 saturated carbocycles. The van der Waals surface area contributed by atoms with Crippen molar-refractivity contribution >= 4 is 37.1 Å².